The third-order valence-electron chi connectivity index (χ3n) is 3.91. The van der Waals surface area contributed by atoms with Gasteiger partial charge in [0.15, 0.2) is 0 Å². The molecule has 0 bridgehead atoms. The van der Waals surface area contributed by atoms with Gasteiger partial charge in [0, 0.05) is 25.2 Å². The topological polar surface area (TPSA) is 108 Å². The lowest BCUT2D eigenvalue weighted by atomic mass is 10.1. The fourth-order valence-corrected chi connectivity index (χ4v) is 2.53. The molecule has 0 saturated carbocycles. The number of hydrogen-bond donors (Lipinski definition) is 4. The third-order valence-corrected chi connectivity index (χ3v) is 3.91. The molecule has 0 fully saturated rings. The standard InChI is InChI=1S/C21H25N3O4/c1-14(2)10-19(25)24-18-5-3-4-16(11-18)13-23-21(28)22-12-15-6-8-17(9-7-15)20(26)27/h3-9,11,14H,10,12-13H2,1-2H3,(H,24,25)(H,26,27)(H2,22,23,28). The van der Waals surface area contributed by atoms with Crippen molar-refractivity contribution in [2.45, 2.75) is 33.4 Å². The second kappa shape index (κ2) is 10.1. The molecule has 0 saturated heterocycles. The van der Waals surface area contributed by atoms with Gasteiger partial charge in [-0.25, -0.2) is 9.59 Å². The Hall–Kier alpha value is -3.35. The summed E-state index contributed by atoms with van der Waals surface area (Å²) in [5, 5.41) is 17.2. The Balaban J connectivity index is 1.79. The van der Waals surface area contributed by atoms with Crippen LogP contribution in [0.15, 0.2) is 48.5 Å². The van der Waals surface area contributed by atoms with Crippen molar-refractivity contribution in [3.8, 4) is 0 Å². The van der Waals surface area contributed by atoms with Crippen LogP contribution in [0.5, 0.6) is 0 Å². The molecule has 2 aromatic rings. The largest absolute Gasteiger partial charge is 0.478 e. The van der Waals surface area contributed by atoms with Gasteiger partial charge in [0.1, 0.15) is 0 Å². The van der Waals surface area contributed by atoms with Crippen molar-refractivity contribution in [1.82, 2.24) is 10.6 Å². The van der Waals surface area contributed by atoms with Gasteiger partial charge >= 0.3 is 12.0 Å². The lowest BCUT2D eigenvalue weighted by Crippen LogP contribution is -2.34. The molecular formula is C21H25N3O4. The zero-order valence-corrected chi connectivity index (χ0v) is 16.0. The molecule has 0 atom stereocenters. The van der Waals surface area contributed by atoms with E-state index in [2.05, 4.69) is 16.0 Å². The summed E-state index contributed by atoms with van der Waals surface area (Å²) in [7, 11) is 0. The highest BCUT2D eigenvalue weighted by molar-refractivity contribution is 5.90. The van der Waals surface area contributed by atoms with E-state index in [1.165, 1.54) is 12.1 Å². The van der Waals surface area contributed by atoms with Crippen LogP contribution in [-0.2, 0) is 17.9 Å². The predicted octanol–water partition coefficient (Wildman–Crippen LogP) is 3.37. The number of hydrogen-bond acceptors (Lipinski definition) is 3. The Bertz CT molecular complexity index is 832. The molecule has 2 aromatic carbocycles. The van der Waals surface area contributed by atoms with E-state index in [-0.39, 0.29) is 30.0 Å². The lowest BCUT2D eigenvalue weighted by molar-refractivity contribution is -0.116. The van der Waals surface area contributed by atoms with Gasteiger partial charge in [0.2, 0.25) is 5.91 Å². The number of carbonyl (C=O) groups is 3. The molecule has 0 aliphatic heterocycles. The third kappa shape index (κ3) is 7.11. The second-order valence-electron chi connectivity index (χ2n) is 6.88. The van der Waals surface area contributed by atoms with E-state index >= 15 is 0 Å². The molecule has 2 rings (SSSR count). The van der Waals surface area contributed by atoms with Crippen molar-refractivity contribution < 1.29 is 19.5 Å². The van der Waals surface area contributed by atoms with E-state index in [9.17, 15) is 14.4 Å². The second-order valence-corrected chi connectivity index (χ2v) is 6.88. The summed E-state index contributed by atoms with van der Waals surface area (Å²) in [4.78, 5) is 34.6. The first-order chi connectivity index (χ1) is 13.3. The van der Waals surface area contributed by atoms with E-state index in [1.807, 2.05) is 38.1 Å². The Morgan fingerprint density at radius 3 is 2.18 bits per heavy atom. The van der Waals surface area contributed by atoms with Gasteiger partial charge in [-0.1, -0.05) is 38.1 Å². The minimum Gasteiger partial charge on any atom is -0.478 e. The Morgan fingerprint density at radius 2 is 1.57 bits per heavy atom. The van der Waals surface area contributed by atoms with E-state index in [0.29, 0.717) is 18.7 Å². The number of carbonyl (C=O) groups excluding carboxylic acids is 2. The summed E-state index contributed by atoms with van der Waals surface area (Å²) in [6.07, 6.45) is 0.457. The molecular weight excluding hydrogens is 358 g/mol. The zero-order chi connectivity index (χ0) is 20.5. The van der Waals surface area contributed by atoms with Crippen LogP contribution in [0.25, 0.3) is 0 Å². The van der Waals surface area contributed by atoms with Crippen molar-refractivity contribution in [1.29, 1.82) is 0 Å². The molecule has 0 radical (unpaired) electrons. The van der Waals surface area contributed by atoms with Crippen LogP contribution in [0.1, 0.15) is 41.8 Å². The van der Waals surface area contributed by atoms with Crippen LogP contribution in [0.4, 0.5) is 10.5 Å². The first kappa shape index (κ1) is 21.0. The molecule has 7 nitrogen and oxygen atoms in total. The lowest BCUT2D eigenvalue weighted by Gasteiger charge is -2.10. The highest BCUT2D eigenvalue weighted by Gasteiger charge is 2.07. The smallest absolute Gasteiger partial charge is 0.335 e. The number of amides is 3. The fraction of sp³-hybridized carbons (Fsp3) is 0.286. The van der Waals surface area contributed by atoms with Gasteiger partial charge < -0.3 is 21.1 Å². The number of carboxylic acids is 1. The van der Waals surface area contributed by atoms with E-state index < -0.39 is 5.97 Å². The monoisotopic (exact) mass is 383 g/mol. The molecule has 3 amide bonds. The highest BCUT2D eigenvalue weighted by Crippen LogP contribution is 2.12. The van der Waals surface area contributed by atoms with Crippen molar-refractivity contribution in [2.75, 3.05) is 5.32 Å². The Morgan fingerprint density at radius 1 is 0.929 bits per heavy atom. The van der Waals surface area contributed by atoms with E-state index in [0.717, 1.165) is 11.1 Å². The zero-order valence-electron chi connectivity index (χ0n) is 16.0. The van der Waals surface area contributed by atoms with Crippen LogP contribution < -0.4 is 16.0 Å². The van der Waals surface area contributed by atoms with Crippen LogP contribution in [0, 0.1) is 5.92 Å². The Kier molecular flexibility index (Phi) is 7.56. The normalized spacial score (nSPS) is 10.4. The minimum absolute atomic E-state index is 0.0354. The molecule has 148 valence electrons. The maximum atomic E-state index is 12.0. The first-order valence-corrected chi connectivity index (χ1v) is 9.06. The maximum Gasteiger partial charge on any atom is 0.335 e. The van der Waals surface area contributed by atoms with Crippen molar-refractivity contribution in [3.05, 3.63) is 65.2 Å². The van der Waals surface area contributed by atoms with Crippen molar-refractivity contribution >= 4 is 23.6 Å². The van der Waals surface area contributed by atoms with Gasteiger partial charge in [-0.05, 0) is 41.3 Å². The molecule has 0 unspecified atom stereocenters. The fourth-order valence-electron chi connectivity index (χ4n) is 2.53. The SMILES string of the molecule is CC(C)CC(=O)Nc1cccc(CNC(=O)NCc2ccc(C(=O)O)cc2)c1. The molecule has 0 aliphatic rings. The molecule has 0 heterocycles. The van der Waals surface area contributed by atoms with Crippen LogP contribution in [0.2, 0.25) is 0 Å². The van der Waals surface area contributed by atoms with Crippen LogP contribution in [0.3, 0.4) is 0 Å². The summed E-state index contributed by atoms with van der Waals surface area (Å²) in [5.74, 6) is -0.736. The number of nitrogens with one attached hydrogen (secondary N) is 3. The first-order valence-electron chi connectivity index (χ1n) is 9.06. The average molecular weight is 383 g/mol. The summed E-state index contributed by atoms with van der Waals surface area (Å²) in [5.41, 5.74) is 2.57. The van der Waals surface area contributed by atoms with Gasteiger partial charge in [-0.3, -0.25) is 4.79 Å². The average Bonchev–Trinajstić information content (AvgIpc) is 2.64. The number of carboxylic acid groups (broad SMARTS) is 1. The van der Waals surface area contributed by atoms with Gasteiger partial charge in [0.05, 0.1) is 5.56 Å². The molecule has 7 heteroatoms. The maximum absolute atomic E-state index is 12.0. The molecule has 0 aromatic heterocycles. The van der Waals surface area contributed by atoms with E-state index in [4.69, 9.17) is 5.11 Å². The molecule has 28 heavy (non-hydrogen) atoms. The van der Waals surface area contributed by atoms with Gasteiger partial charge in [0.25, 0.3) is 0 Å². The van der Waals surface area contributed by atoms with Gasteiger partial charge in [-0.2, -0.15) is 0 Å². The molecule has 4 N–H and O–H groups in total. The van der Waals surface area contributed by atoms with Crippen molar-refractivity contribution in [3.63, 3.8) is 0 Å². The van der Waals surface area contributed by atoms with Crippen LogP contribution >= 0.6 is 0 Å². The van der Waals surface area contributed by atoms with Crippen LogP contribution in [-0.4, -0.2) is 23.0 Å². The molecule has 0 aliphatic carbocycles. The van der Waals surface area contributed by atoms with E-state index in [1.54, 1.807) is 12.1 Å². The minimum atomic E-state index is -0.986. The predicted molar refractivity (Wildman–Crippen MR) is 107 cm³/mol. The summed E-state index contributed by atoms with van der Waals surface area (Å²) in [6, 6.07) is 13.3. The van der Waals surface area contributed by atoms with Crippen molar-refractivity contribution in [2.24, 2.45) is 5.92 Å². The number of anilines is 1. The number of benzene rings is 2. The number of rotatable bonds is 8. The quantitative estimate of drug-likeness (QED) is 0.560. The number of urea groups is 1. The summed E-state index contributed by atoms with van der Waals surface area (Å²) >= 11 is 0. The number of aromatic carboxylic acids is 1. The molecule has 0 spiro atoms. The Labute approximate surface area is 164 Å². The highest BCUT2D eigenvalue weighted by atomic mass is 16.4. The summed E-state index contributed by atoms with van der Waals surface area (Å²) < 4.78 is 0. The summed E-state index contributed by atoms with van der Waals surface area (Å²) in [6.45, 7) is 4.58. The van der Waals surface area contributed by atoms with Gasteiger partial charge in [-0.15, -0.1) is 0 Å².